The summed E-state index contributed by atoms with van der Waals surface area (Å²) in [6.45, 7) is 2.90. The summed E-state index contributed by atoms with van der Waals surface area (Å²) < 4.78 is 25.3. The average Bonchev–Trinajstić information content (AvgIpc) is 2.68. The van der Waals surface area contributed by atoms with Crippen molar-refractivity contribution in [3.63, 3.8) is 0 Å². The van der Waals surface area contributed by atoms with E-state index in [0.717, 1.165) is 22.9 Å². The zero-order chi connectivity index (χ0) is 21.3. The fourth-order valence-electron chi connectivity index (χ4n) is 2.59. The highest BCUT2D eigenvalue weighted by molar-refractivity contribution is 9.10. The summed E-state index contributed by atoms with van der Waals surface area (Å²) in [5.41, 5.74) is 1.97. The number of amides is 2. The van der Waals surface area contributed by atoms with Gasteiger partial charge in [-0.25, -0.2) is 8.42 Å². The van der Waals surface area contributed by atoms with Gasteiger partial charge in [0.1, 0.15) is 5.75 Å². The second kappa shape index (κ2) is 11.1. The van der Waals surface area contributed by atoms with Crippen LogP contribution in [0.15, 0.2) is 53.0 Å². The third-order valence-electron chi connectivity index (χ3n) is 4.17. The molecule has 0 aliphatic heterocycles. The number of benzene rings is 2. The summed E-state index contributed by atoms with van der Waals surface area (Å²) >= 11 is 3.30. The van der Waals surface area contributed by atoms with E-state index in [0.29, 0.717) is 17.7 Å². The topological polar surface area (TPSA) is 92.3 Å². The van der Waals surface area contributed by atoms with Gasteiger partial charge in [-0.2, -0.15) is 0 Å². The van der Waals surface area contributed by atoms with Crippen molar-refractivity contribution in [2.45, 2.75) is 32.1 Å². The van der Waals surface area contributed by atoms with Gasteiger partial charge < -0.3 is 10.6 Å². The lowest BCUT2D eigenvalue weighted by molar-refractivity contribution is -0.118. The third-order valence-corrected chi connectivity index (χ3v) is 6.18. The maximum atomic E-state index is 12.2. The predicted molar refractivity (Wildman–Crippen MR) is 117 cm³/mol. The number of halogens is 1. The number of sulfone groups is 1. The molecule has 2 rings (SSSR count). The van der Waals surface area contributed by atoms with Crippen molar-refractivity contribution in [3.05, 3.63) is 69.7 Å². The summed E-state index contributed by atoms with van der Waals surface area (Å²) in [7, 11) is -3.56. The summed E-state index contributed by atoms with van der Waals surface area (Å²) in [5, 5.41) is 5.45. The van der Waals surface area contributed by atoms with Crippen LogP contribution in [0.25, 0.3) is 0 Å². The minimum absolute atomic E-state index is 0.131. The molecule has 0 heterocycles. The molecular formula is C21H25BrN2O4S. The van der Waals surface area contributed by atoms with Crippen molar-refractivity contribution < 1.29 is 18.0 Å². The van der Waals surface area contributed by atoms with Crippen molar-refractivity contribution in [2.24, 2.45) is 0 Å². The molecule has 2 aromatic carbocycles. The molecule has 6 nitrogen and oxygen atoms in total. The highest BCUT2D eigenvalue weighted by Crippen LogP contribution is 2.13. The van der Waals surface area contributed by atoms with Gasteiger partial charge in [-0.1, -0.05) is 53.5 Å². The fraction of sp³-hybridized carbons (Fsp3) is 0.333. The molecule has 2 N–H and O–H groups in total. The summed E-state index contributed by atoms with van der Waals surface area (Å²) in [6.07, 6.45) is 1.94. The van der Waals surface area contributed by atoms with Gasteiger partial charge in [0.2, 0.25) is 5.91 Å². The molecule has 0 bridgehead atoms. The van der Waals surface area contributed by atoms with Crippen molar-refractivity contribution in [1.29, 1.82) is 0 Å². The van der Waals surface area contributed by atoms with E-state index in [4.69, 9.17) is 0 Å². The quantitative estimate of drug-likeness (QED) is 0.510. The third kappa shape index (κ3) is 8.37. The number of carbonyl (C=O) groups is 2. The van der Waals surface area contributed by atoms with Crippen LogP contribution in [0.1, 0.15) is 41.3 Å². The van der Waals surface area contributed by atoms with Crippen LogP contribution in [0.3, 0.4) is 0 Å². The van der Waals surface area contributed by atoms with Crippen LogP contribution in [0, 0.1) is 0 Å². The van der Waals surface area contributed by atoms with Crippen molar-refractivity contribution >= 4 is 37.6 Å². The number of hydrogen-bond acceptors (Lipinski definition) is 4. The summed E-state index contributed by atoms with van der Waals surface area (Å²) in [5.74, 6) is -1.44. The van der Waals surface area contributed by atoms with Gasteiger partial charge in [-0.05, 0) is 41.8 Å². The van der Waals surface area contributed by atoms with E-state index in [1.807, 2.05) is 0 Å². The van der Waals surface area contributed by atoms with Crippen molar-refractivity contribution in [1.82, 2.24) is 10.6 Å². The number of unbranched alkanes of at least 4 members (excludes halogenated alkanes) is 1. The lowest BCUT2D eigenvalue weighted by Crippen LogP contribution is -2.30. The molecule has 2 aromatic rings. The first-order valence-electron chi connectivity index (χ1n) is 9.38. The van der Waals surface area contributed by atoms with E-state index in [1.54, 1.807) is 48.5 Å². The highest BCUT2D eigenvalue weighted by atomic mass is 79.9. The SMILES string of the molecule is CCCCNC(=O)c1ccc(CNC(=O)CS(=O)(=O)Cc2ccc(Br)cc2)cc1. The first-order chi connectivity index (χ1) is 13.8. The molecule has 0 spiro atoms. The van der Waals surface area contributed by atoms with Crippen molar-refractivity contribution in [3.8, 4) is 0 Å². The molecule has 0 saturated heterocycles. The molecule has 0 aliphatic carbocycles. The largest absolute Gasteiger partial charge is 0.352 e. The second-order valence-corrected chi connectivity index (χ2v) is 9.72. The molecule has 0 saturated carbocycles. The normalized spacial score (nSPS) is 11.1. The van der Waals surface area contributed by atoms with Crippen molar-refractivity contribution in [2.75, 3.05) is 12.3 Å². The molecule has 0 unspecified atom stereocenters. The first-order valence-corrected chi connectivity index (χ1v) is 12.0. The molecule has 29 heavy (non-hydrogen) atoms. The minimum atomic E-state index is -3.56. The Labute approximate surface area is 180 Å². The molecule has 0 radical (unpaired) electrons. The monoisotopic (exact) mass is 480 g/mol. The van der Waals surface area contributed by atoms with E-state index in [9.17, 15) is 18.0 Å². The first kappa shape index (κ1) is 23.1. The van der Waals surface area contributed by atoms with Crippen LogP contribution in [-0.4, -0.2) is 32.5 Å². The Morgan fingerprint density at radius 1 is 0.931 bits per heavy atom. The van der Waals surface area contributed by atoms with Gasteiger partial charge >= 0.3 is 0 Å². The van der Waals surface area contributed by atoms with Gasteiger partial charge in [-0.3, -0.25) is 9.59 Å². The Hall–Kier alpha value is -2.19. The zero-order valence-electron chi connectivity index (χ0n) is 16.3. The predicted octanol–water partition coefficient (Wildman–Crippen LogP) is 3.21. The van der Waals surface area contributed by atoms with Crippen LogP contribution < -0.4 is 10.6 Å². The molecule has 0 fully saturated rings. The molecule has 156 valence electrons. The molecule has 8 heteroatoms. The fourth-order valence-corrected chi connectivity index (χ4v) is 4.16. The van der Waals surface area contributed by atoms with E-state index in [-0.39, 0.29) is 18.2 Å². The standard InChI is InChI=1S/C21H25BrN2O4S/c1-2-3-12-23-21(26)18-8-4-16(5-9-18)13-24-20(25)15-29(27,28)14-17-6-10-19(22)11-7-17/h4-11H,2-3,12-15H2,1H3,(H,23,26)(H,24,25). The number of carbonyl (C=O) groups excluding carboxylic acids is 2. The lowest BCUT2D eigenvalue weighted by atomic mass is 10.1. The number of nitrogens with one attached hydrogen (secondary N) is 2. The van der Waals surface area contributed by atoms with Gasteiger partial charge in [0.25, 0.3) is 5.91 Å². The second-order valence-electron chi connectivity index (χ2n) is 6.74. The number of rotatable bonds is 10. The van der Waals surface area contributed by atoms with Gasteiger partial charge in [0.15, 0.2) is 9.84 Å². The lowest BCUT2D eigenvalue weighted by Gasteiger charge is -2.08. The minimum Gasteiger partial charge on any atom is -0.352 e. The maximum Gasteiger partial charge on any atom is 0.251 e. The molecular weight excluding hydrogens is 456 g/mol. The van der Waals surface area contributed by atoms with Gasteiger partial charge in [0.05, 0.1) is 5.75 Å². The van der Waals surface area contributed by atoms with Crippen LogP contribution >= 0.6 is 15.9 Å². The Morgan fingerprint density at radius 2 is 1.55 bits per heavy atom. The summed E-state index contributed by atoms with van der Waals surface area (Å²) in [6, 6.07) is 13.8. The Bertz CT molecular complexity index is 926. The number of hydrogen-bond donors (Lipinski definition) is 2. The smallest absolute Gasteiger partial charge is 0.251 e. The van der Waals surface area contributed by atoms with Gasteiger partial charge in [0, 0.05) is 23.1 Å². The molecule has 0 atom stereocenters. The van der Waals surface area contributed by atoms with Crippen LogP contribution in [0.5, 0.6) is 0 Å². The van der Waals surface area contributed by atoms with Gasteiger partial charge in [-0.15, -0.1) is 0 Å². The highest BCUT2D eigenvalue weighted by Gasteiger charge is 2.17. The molecule has 2 amide bonds. The van der Waals surface area contributed by atoms with E-state index in [1.165, 1.54) is 0 Å². The Morgan fingerprint density at radius 3 is 2.17 bits per heavy atom. The van der Waals surface area contributed by atoms with E-state index >= 15 is 0 Å². The van der Waals surface area contributed by atoms with E-state index in [2.05, 4.69) is 33.5 Å². The Balaban J connectivity index is 1.82. The van der Waals surface area contributed by atoms with Crippen LogP contribution in [-0.2, 0) is 26.9 Å². The molecule has 0 aromatic heterocycles. The maximum absolute atomic E-state index is 12.2. The Kier molecular flexibility index (Phi) is 8.85. The average molecular weight is 481 g/mol. The van der Waals surface area contributed by atoms with Crippen LogP contribution in [0.4, 0.5) is 0 Å². The summed E-state index contributed by atoms with van der Waals surface area (Å²) in [4.78, 5) is 24.0. The van der Waals surface area contributed by atoms with Crippen LogP contribution in [0.2, 0.25) is 0 Å². The molecule has 0 aliphatic rings. The zero-order valence-corrected chi connectivity index (χ0v) is 18.7. The van der Waals surface area contributed by atoms with E-state index < -0.39 is 21.5 Å².